The number of carbonyl (C=O) groups excluding carboxylic acids is 1. The van der Waals surface area contributed by atoms with Crippen molar-refractivity contribution in [3.8, 4) is 6.07 Å². The molecule has 3 rings (SSSR count). The van der Waals surface area contributed by atoms with Crippen LogP contribution in [-0.2, 0) is 0 Å². The average molecular weight is 324 g/mol. The summed E-state index contributed by atoms with van der Waals surface area (Å²) in [5, 5.41) is 29.8. The molecule has 0 aliphatic carbocycles. The zero-order valence-electron chi connectivity index (χ0n) is 13.3. The highest BCUT2D eigenvalue weighted by molar-refractivity contribution is 6.03. The average Bonchev–Trinajstić information content (AvgIpc) is 2.61. The third-order valence-corrected chi connectivity index (χ3v) is 4.32. The quantitative estimate of drug-likeness (QED) is 0.694. The minimum absolute atomic E-state index is 0.194. The first-order valence-electron chi connectivity index (χ1n) is 8.01. The van der Waals surface area contributed by atoms with Gasteiger partial charge in [-0.2, -0.15) is 5.26 Å². The molecule has 0 unspecified atom stereocenters. The van der Waals surface area contributed by atoms with E-state index >= 15 is 0 Å². The molecule has 1 fully saturated rings. The van der Waals surface area contributed by atoms with Gasteiger partial charge in [-0.05, 0) is 31.5 Å². The first-order valence-corrected chi connectivity index (χ1v) is 8.01. The van der Waals surface area contributed by atoms with Crippen molar-refractivity contribution in [2.75, 3.05) is 25.0 Å². The predicted octanol–water partition coefficient (Wildman–Crippen LogP) is 1.95. The number of nitrogens with one attached hydrogen (secondary N) is 3. The number of amides is 2. The Labute approximate surface area is 140 Å². The van der Waals surface area contributed by atoms with Gasteiger partial charge in [0.1, 0.15) is 0 Å². The molecule has 6 heteroatoms. The largest absolute Gasteiger partial charge is 0.387 e. The summed E-state index contributed by atoms with van der Waals surface area (Å²) in [6, 6.07) is 12.6. The van der Waals surface area contributed by atoms with Gasteiger partial charge in [0, 0.05) is 23.9 Å². The highest BCUT2D eigenvalue weighted by Gasteiger charge is 2.29. The smallest absolute Gasteiger partial charge is 0.319 e. The van der Waals surface area contributed by atoms with Crippen LogP contribution in [0.25, 0.3) is 10.8 Å². The number of fused-ring (bicyclic) bond motifs is 1. The highest BCUT2D eigenvalue weighted by Crippen LogP contribution is 2.26. The lowest BCUT2D eigenvalue weighted by atomic mass is 9.94. The molecular weight excluding hydrogens is 304 g/mol. The van der Waals surface area contributed by atoms with Crippen LogP contribution in [0.5, 0.6) is 0 Å². The van der Waals surface area contributed by atoms with Crippen LogP contribution in [-0.4, -0.2) is 36.4 Å². The van der Waals surface area contributed by atoms with Gasteiger partial charge >= 0.3 is 6.03 Å². The summed E-state index contributed by atoms with van der Waals surface area (Å²) in [5.74, 6) is 0. The number of benzene rings is 2. The van der Waals surface area contributed by atoms with Gasteiger partial charge < -0.3 is 21.1 Å². The van der Waals surface area contributed by atoms with Crippen molar-refractivity contribution in [3.63, 3.8) is 0 Å². The number of hydrogen-bond acceptors (Lipinski definition) is 4. The highest BCUT2D eigenvalue weighted by atomic mass is 16.3. The monoisotopic (exact) mass is 324 g/mol. The van der Waals surface area contributed by atoms with Gasteiger partial charge in [0.2, 0.25) is 0 Å². The van der Waals surface area contributed by atoms with Gasteiger partial charge in [-0.3, -0.25) is 0 Å². The molecule has 0 bridgehead atoms. The summed E-state index contributed by atoms with van der Waals surface area (Å²) in [4.78, 5) is 12.2. The fourth-order valence-electron chi connectivity index (χ4n) is 3.02. The van der Waals surface area contributed by atoms with Gasteiger partial charge in [0.15, 0.2) is 0 Å². The van der Waals surface area contributed by atoms with Gasteiger partial charge in [0.25, 0.3) is 0 Å². The maximum absolute atomic E-state index is 12.2. The molecule has 2 aromatic rings. The van der Waals surface area contributed by atoms with Crippen molar-refractivity contribution >= 4 is 22.5 Å². The van der Waals surface area contributed by atoms with Gasteiger partial charge in [-0.25, -0.2) is 4.79 Å². The van der Waals surface area contributed by atoms with E-state index in [-0.39, 0.29) is 12.6 Å². The van der Waals surface area contributed by atoms with Crippen LogP contribution in [0.3, 0.4) is 0 Å². The molecular formula is C18H20N4O2. The first kappa shape index (κ1) is 16.2. The normalized spacial score (nSPS) is 20.3. The Morgan fingerprint density at radius 1 is 1.29 bits per heavy atom. The van der Waals surface area contributed by atoms with E-state index in [1.54, 1.807) is 12.1 Å². The molecule has 1 aliphatic heterocycles. The molecule has 1 atom stereocenters. The van der Waals surface area contributed by atoms with E-state index in [1.165, 1.54) is 0 Å². The molecule has 4 N–H and O–H groups in total. The van der Waals surface area contributed by atoms with Crippen molar-refractivity contribution < 1.29 is 9.90 Å². The van der Waals surface area contributed by atoms with Crippen LogP contribution >= 0.6 is 0 Å². The van der Waals surface area contributed by atoms with Crippen molar-refractivity contribution in [1.82, 2.24) is 10.6 Å². The lowest BCUT2D eigenvalue weighted by molar-refractivity contribution is 0.0198. The van der Waals surface area contributed by atoms with Gasteiger partial charge in [-0.1, -0.05) is 24.3 Å². The lowest BCUT2D eigenvalue weighted by Crippen LogP contribution is -2.53. The minimum Gasteiger partial charge on any atom is -0.387 e. The number of urea groups is 1. The topological polar surface area (TPSA) is 97.2 Å². The number of hydrogen-bond donors (Lipinski definition) is 4. The van der Waals surface area contributed by atoms with Crippen LogP contribution in [0.4, 0.5) is 10.5 Å². The molecule has 1 heterocycles. The Morgan fingerprint density at radius 2 is 2.08 bits per heavy atom. The van der Waals surface area contributed by atoms with Crippen molar-refractivity contribution in [2.24, 2.45) is 0 Å². The van der Waals surface area contributed by atoms with Gasteiger partial charge in [0.05, 0.1) is 22.9 Å². The number of β-amino-alcohol motifs (C(OH)–C–C–N with tert-alkyl or cyclic N) is 1. The second kappa shape index (κ2) is 6.87. The molecule has 2 amide bonds. The fraction of sp³-hybridized carbons (Fsp3) is 0.333. The molecule has 0 spiro atoms. The van der Waals surface area contributed by atoms with Crippen LogP contribution in [0, 0.1) is 11.3 Å². The summed E-state index contributed by atoms with van der Waals surface area (Å²) in [6.07, 6.45) is 1.56. The molecule has 0 aromatic heterocycles. The summed E-state index contributed by atoms with van der Waals surface area (Å²) in [7, 11) is 0. The maximum atomic E-state index is 12.2. The maximum Gasteiger partial charge on any atom is 0.319 e. The van der Waals surface area contributed by atoms with E-state index in [0.29, 0.717) is 24.2 Å². The number of rotatable bonds is 3. The number of anilines is 1. The van der Waals surface area contributed by atoms with Crippen LogP contribution in [0.15, 0.2) is 36.4 Å². The first-order chi connectivity index (χ1) is 11.6. The Kier molecular flexibility index (Phi) is 4.65. The van der Waals surface area contributed by atoms with E-state index < -0.39 is 5.60 Å². The zero-order valence-corrected chi connectivity index (χ0v) is 13.3. The van der Waals surface area contributed by atoms with E-state index in [1.807, 2.05) is 24.3 Å². The zero-order chi connectivity index (χ0) is 17.0. The van der Waals surface area contributed by atoms with Crippen LogP contribution in [0.2, 0.25) is 0 Å². The number of carbonyl (C=O) groups is 1. The van der Waals surface area contributed by atoms with E-state index in [4.69, 9.17) is 0 Å². The molecule has 24 heavy (non-hydrogen) atoms. The Bertz CT molecular complexity index is 791. The Balaban J connectivity index is 1.71. The second-order valence-corrected chi connectivity index (χ2v) is 6.13. The van der Waals surface area contributed by atoms with E-state index in [9.17, 15) is 15.2 Å². The summed E-state index contributed by atoms with van der Waals surface area (Å²) < 4.78 is 0. The molecule has 6 nitrogen and oxygen atoms in total. The molecule has 1 aliphatic rings. The lowest BCUT2D eigenvalue weighted by Gasteiger charge is -2.32. The number of nitriles is 1. The molecule has 1 saturated heterocycles. The third kappa shape index (κ3) is 3.48. The minimum atomic E-state index is -0.900. The fourth-order valence-corrected chi connectivity index (χ4v) is 3.02. The Morgan fingerprint density at radius 3 is 2.79 bits per heavy atom. The standard InChI is InChI=1S/C18H20N4O2/c19-10-13-6-7-16(15-5-2-1-4-14(13)15)22-17(23)21-12-18(24)8-3-9-20-11-18/h1-2,4-7,20,24H,3,8-9,11-12H2,(H2,21,22,23)/t18-/m0/s1. The number of nitrogens with zero attached hydrogens (tertiary/aromatic N) is 1. The second-order valence-electron chi connectivity index (χ2n) is 6.13. The van der Waals surface area contributed by atoms with Crippen molar-refractivity contribution in [2.45, 2.75) is 18.4 Å². The summed E-state index contributed by atoms with van der Waals surface area (Å²) in [6.45, 7) is 1.57. The molecule has 2 aromatic carbocycles. The molecule has 0 radical (unpaired) electrons. The van der Waals surface area contributed by atoms with E-state index in [2.05, 4.69) is 22.0 Å². The third-order valence-electron chi connectivity index (χ3n) is 4.32. The van der Waals surface area contributed by atoms with Gasteiger partial charge in [-0.15, -0.1) is 0 Å². The Hall–Kier alpha value is -2.62. The van der Waals surface area contributed by atoms with E-state index in [0.717, 1.165) is 23.7 Å². The predicted molar refractivity (Wildman–Crippen MR) is 92.7 cm³/mol. The number of aliphatic hydroxyl groups is 1. The number of piperidine rings is 1. The summed E-state index contributed by atoms with van der Waals surface area (Å²) >= 11 is 0. The van der Waals surface area contributed by atoms with Crippen molar-refractivity contribution in [3.05, 3.63) is 42.0 Å². The molecule has 0 saturated carbocycles. The van der Waals surface area contributed by atoms with Crippen molar-refractivity contribution in [1.29, 1.82) is 5.26 Å². The van der Waals surface area contributed by atoms with Crippen LogP contribution < -0.4 is 16.0 Å². The van der Waals surface area contributed by atoms with Crippen LogP contribution in [0.1, 0.15) is 18.4 Å². The molecule has 124 valence electrons. The SMILES string of the molecule is N#Cc1ccc(NC(=O)NC[C@]2(O)CCCNC2)c2ccccc12. The summed E-state index contributed by atoms with van der Waals surface area (Å²) in [5.41, 5.74) is 0.303.